The zero-order valence-corrected chi connectivity index (χ0v) is 17.1. The molecule has 10 nitrogen and oxygen atoms in total. The SMILES string of the molecule is Cc1cc(Cl)ccc1OCc1ccc(C(=O)Nc2cc([N+](=O)[O-])c(C)c([N+](=O)[O-])c2)o1. The first-order chi connectivity index (χ1) is 14.7. The van der Waals surface area contributed by atoms with Gasteiger partial charge < -0.3 is 14.5 Å². The Bertz CT molecular complexity index is 1150. The van der Waals surface area contributed by atoms with Gasteiger partial charge in [-0.15, -0.1) is 0 Å². The molecule has 0 unspecified atom stereocenters. The van der Waals surface area contributed by atoms with E-state index in [0.717, 1.165) is 17.7 Å². The van der Waals surface area contributed by atoms with E-state index in [-0.39, 0.29) is 23.6 Å². The summed E-state index contributed by atoms with van der Waals surface area (Å²) in [5.74, 6) is 0.158. The second-order valence-corrected chi connectivity index (χ2v) is 7.01. The van der Waals surface area contributed by atoms with Crippen LogP contribution in [0, 0.1) is 34.1 Å². The maximum absolute atomic E-state index is 12.4. The van der Waals surface area contributed by atoms with Crippen molar-refractivity contribution in [1.82, 2.24) is 0 Å². The molecule has 2 aromatic carbocycles. The van der Waals surface area contributed by atoms with Crippen LogP contribution in [0.5, 0.6) is 5.75 Å². The predicted octanol–water partition coefficient (Wildman–Crippen LogP) is 5.20. The molecule has 3 aromatic rings. The largest absolute Gasteiger partial charge is 0.485 e. The summed E-state index contributed by atoms with van der Waals surface area (Å²) in [6, 6.07) is 10.2. The number of carbonyl (C=O) groups excluding carboxylic acids is 1. The highest BCUT2D eigenvalue weighted by Gasteiger charge is 2.24. The van der Waals surface area contributed by atoms with Crippen LogP contribution in [0.25, 0.3) is 0 Å². The van der Waals surface area contributed by atoms with Crippen LogP contribution in [0.2, 0.25) is 5.02 Å². The molecule has 1 aromatic heterocycles. The van der Waals surface area contributed by atoms with Crippen molar-refractivity contribution in [3.8, 4) is 5.75 Å². The molecule has 0 radical (unpaired) electrons. The number of anilines is 1. The molecule has 0 aliphatic carbocycles. The van der Waals surface area contributed by atoms with Crippen molar-refractivity contribution >= 4 is 34.6 Å². The number of nitro groups is 2. The van der Waals surface area contributed by atoms with Gasteiger partial charge in [0.05, 0.1) is 15.5 Å². The summed E-state index contributed by atoms with van der Waals surface area (Å²) in [5.41, 5.74) is -0.324. The highest BCUT2D eigenvalue weighted by molar-refractivity contribution is 6.30. The Hall–Kier alpha value is -3.92. The highest BCUT2D eigenvalue weighted by atomic mass is 35.5. The summed E-state index contributed by atoms with van der Waals surface area (Å²) in [6.45, 7) is 3.16. The minimum absolute atomic E-state index is 0.0528. The maximum atomic E-state index is 12.4. The van der Waals surface area contributed by atoms with Crippen LogP contribution in [0.1, 0.15) is 27.4 Å². The molecule has 0 saturated carbocycles. The monoisotopic (exact) mass is 445 g/mol. The van der Waals surface area contributed by atoms with Gasteiger partial charge in [-0.25, -0.2) is 0 Å². The third-order valence-corrected chi connectivity index (χ3v) is 4.63. The Kier molecular flexibility index (Phi) is 6.21. The third kappa shape index (κ3) is 4.98. The fraction of sp³-hybridized carbons (Fsp3) is 0.150. The number of hydrogen-bond acceptors (Lipinski definition) is 7. The van der Waals surface area contributed by atoms with Crippen molar-refractivity contribution < 1.29 is 23.8 Å². The highest BCUT2D eigenvalue weighted by Crippen LogP contribution is 2.32. The number of carbonyl (C=O) groups is 1. The van der Waals surface area contributed by atoms with Crippen LogP contribution in [0.3, 0.4) is 0 Å². The first kappa shape index (κ1) is 21.8. The van der Waals surface area contributed by atoms with Gasteiger partial charge in [-0.05, 0) is 49.7 Å². The summed E-state index contributed by atoms with van der Waals surface area (Å²) in [6.07, 6.45) is 0. The smallest absolute Gasteiger partial charge is 0.291 e. The number of amides is 1. The molecule has 0 atom stereocenters. The first-order valence-electron chi connectivity index (χ1n) is 8.88. The number of nitro benzene ring substituents is 2. The molecule has 1 N–H and O–H groups in total. The number of nitrogens with zero attached hydrogens (tertiary/aromatic N) is 2. The molecule has 0 spiro atoms. The lowest BCUT2D eigenvalue weighted by atomic mass is 10.1. The molecule has 0 saturated heterocycles. The van der Waals surface area contributed by atoms with Gasteiger partial charge in [-0.2, -0.15) is 0 Å². The zero-order chi connectivity index (χ0) is 22.7. The summed E-state index contributed by atoms with van der Waals surface area (Å²) in [5, 5.41) is 25.3. The van der Waals surface area contributed by atoms with E-state index in [9.17, 15) is 25.0 Å². The van der Waals surface area contributed by atoms with E-state index in [4.69, 9.17) is 20.8 Å². The third-order valence-electron chi connectivity index (χ3n) is 4.40. The fourth-order valence-electron chi connectivity index (χ4n) is 2.83. The molecular weight excluding hydrogens is 430 g/mol. The van der Waals surface area contributed by atoms with Gasteiger partial charge in [0.1, 0.15) is 23.7 Å². The van der Waals surface area contributed by atoms with Gasteiger partial charge in [-0.3, -0.25) is 25.0 Å². The maximum Gasteiger partial charge on any atom is 0.291 e. The molecule has 0 bridgehead atoms. The lowest BCUT2D eigenvalue weighted by Gasteiger charge is -2.08. The minimum Gasteiger partial charge on any atom is -0.485 e. The zero-order valence-electron chi connectivity index (χ0n) is 16.4. The Morgan fingerprint density at radius 3 is 2.29 bits per heavy atom. The van der Waals surface area contributed by atoms with Crippen molar-refractivity contribution in [1.29, 1.82) is 0 Å². The van der Waals surface area contributed by atoms with Crippen LogP contribution in [0.15, 0.2) is 46.9 Å². The van der Waals surface area contributed by atoms with E-state index in [1.807, 2.05) is 6.92 Å². The van der Waals surface area contributed by atoms with Crippen molar-refractivity contribution in [2.45, 2.75) is 20.5 Å². The quantitative estimate of drug-likeness (QED) is 0.389. The molecule has 1 amide bonds. The number of aryl methyl sites for hydroxylation is 1. The van der Waals surface area contributed by atoms with E-state index in [1.54, 1.807) is 24.3 Å². The molecule has 31 heavy (non-hydrogen) atoms. The van der Waals surface area contributed by atoms with Crippen molar-refractivity contribution in [2.75, 3.05) is 5.32 Å². The molecule has 0 aliphatic rings. The van der Waals surface area contributed by atoms with Crippen LogP contribution >= 0.6 is 11.6 Å². The van der Waals surface area contributed by atoms with Crippen molar-refractivity contribution in [2.24, 2.45) is 0 Å². The molecular formula is C20H16ClN3O7. The molecule has 0 aliphatic heterocycles. The Morgan fingerprint density at radius 1 is 1.06 bits per heavy atom. The number of ether oxygens (including phenoxy) is 1. The second-order valence-electron chi connectivity index (χ2n) is 6.57. The van der Waals surface area contributed by atoms with Crippen molar-refractivity contribution in [3.63, 3.8) is 0 Å². The molecule has 11 heteroatoms. The first-order valence-corrected chi connectivity index (χ1v) is 9.26. The molecule has 0 fully saturated rings. The summed E-state index contributed by atoms with van der Waals surface area (Å²) in [4.78, 5) is 33.3. The second kappa shape index (κ2) is 8.84. The standard InChI is InChI=1S/C20H16ClN3O7/c1-11-7-13(21)3-5-18(11)30-10-15-4-6-19(31-15)20(25)22-14-8-16(23(26)27)12(2)17(9-14)24(28)29/h3-9H,10H2,1-2H3,(H,22,25). The van der Waals surface area contributed by atoms with Crippen molar-refractivity contribution in [3.05, 3.63) is 90.4 Å². The van der Waals surface area contributed by atoms with Crippen LogP contribution in [-0.2, 0) is 6.61 Å². The Labute approximate surface area is 180 Å². The van der Waals surface area contributed by atoms with E-state index >= 15 is 0 Å². The molecule has 160 valence electrons. The Morgan fingerprint density at radius 2 is 1.71 bits per heavy atom. The fourth-order valence-corrected chi connectivity index (χ4v) is 3.06. The molecule has 3 rings (SSSR count). The van der Waals surface area contributed by atoms with Crippen LogP contribution in [-0.4, -0.2) is 15.8 Å². The van der Waals surface area contributed by atoms with Gasteiger partial charge >= 0.3 is 0 Å². The van der Waals surface area contributed by atoms with Gasteiger partial charge in [0.2, 0.25) is 0 Å². The number of halogens is 1. The van der Waals surface area contributed by atoms with Gasteiger partial charge in [0.25, 0.3) is 17.3 Å². The average molecular weight is 446 g/mol. The number of furan rings is 1. The average Bonchev–Trinajstić information content (AvgIpc) is 3.17. The lowest BCUT2D eigenvalue weighted by Crippen LogP contribution is -2.12. The number of nitrogens with one attached hydrogen (secondary N) is 1. The minimum atomic E-state index is -0.751. The number of rotatable bonds is 7. The van der Waals surface area contributed by atoms with E-state index in [2.05, 4.69) is 5.32 Å². The van der Waals surface area contributed by atoms with E-state index < -0.39 is 27.1 Å². The van der Waals surface area contributed by atoms with Gasteiger partial charge in [0, 0.05) is 17.2 Å². The van der Waals surface area contributed by atoms with E-state index in [1.165, 1.54) is 13.0 Å². The Balaban J connectivity index is 1.74. The van der Waals surface area contributed by atoms with Gasteiger partial charge in [-0.1, -0.05) is 11.6 Å². The summed E-state index contributed by atoms with van der Waals surface area (Å²) in [7, 11) is 0. The predicted molar refractivity (Wildman–Crippen MR) is 112 cm³/mol. The van der Waals surface area contributed by atoms with Crippen LogP contribution in [0.4, 0.5) is 17.1 Å². The lowest BCUT2D eigenvalue weighted by molar-refractivity contribution is -0.395. The normalized spacial score (nSPS) is 10.5. The number of benzene rings is 2. The topological polar surface area (TPSA) is 138 Å². The van der Waals surface area contributed by atoms with Crippen LogP contribution < -0.4 is 10.1 Å². The van der Waals surface area contributed by atoms with Gasteiger partial charge in [0.15, 0.2) is 5.76 Å². The molecule has 1 heterocycles. The summed E-state index contributed by atoms with van der Waals surface area (Å²) >= 11 is 5.91. The summed E-state index contributed by atoms with van der Waals surface area (Å²) < 4.78 is 11.1. The van der Waals surface area contributed by atoms with E-state index in [0.29, 0.717) is 16.5 Å². The number of hydrogen-bond donors (Lipinski definition) is 1.